The van der Waals surface area contributed by atoms with Crippen LogP contribution in [0.3, 0.4) is 0 Å². The van der Waals surface area contributed by atoms with Crippen LogP contribution in [-0.2, 0) is 9.59 Å². The summed E-state index contributed by atoms with van der Waals surface area (Å²) in [7, 11) is 0. The first-order valence-corrected chi connectivity index (χ1v) is 7.01. The van der Waals surface area contributed by atoms with E-state index in [1.807, 2.05) is 13.8 Å². The highest BCUT2D eigenvalue weighted by Gasteiger charge is 2.19. The first kappa shape index (κ1) is 17.0. The molecule has 0 heterocycles. The number of benzene rings is 1. The lowest BCUT2D eigenvalue weighted by atomic mass is 9.99. The fraction of sp³-hybridized carbons (Fsp3) is 0.467. The van der Waals surface area contributed by atoms with E-state index in [9.17, 15) is 9.59 Å². The van der Waals surface area contributed by atoms with E-state index in [4.69, 9.17) is 16.2 Å². The predicted octanol–water partition coefficient (Wildman–Crippen LogP) is 1.25. The molecule has 0 aliphatic carbocycles. The van der Waals surface area contributed by atoms with Crippen LogP contribution in [0.25, 0.3) is 0 Å². The van der Waals surface area contributed by atoms with Gasteiger partial charge in [-0.3, -0.25) is 9.59 Å². The summed E-state index contributed by atoms with van der Waals surface area (Å²) in [5, 5.41) is 2.76. The lowest BCUT2D eigenvalue weighted by molar-refractivity contribution is -0.119. The number of ether oxygens (including phenoxy) is 1. The van der Waals surface area contributed by atoms with Gasteiger partial charge in [0.25, 0.3) is 0 Å². The topological polar surface area (TPSA) is 107 Å². The molecule has 1 aromatic rings. The smallest absolute Gasteiger partial charge is 0.241 e. The van der Waals surface area contributed by atoms with Crippen molar-refractivity contribution in [3.8, 4) is 5.75 Å². The van der Waals surface area contributed by atoms with Gasteiger partial charge in [-0.25, -0.2) is 0 Å². The highest BCUT2D eigenvalue weighted by molar-refractivity contribution is 5.94. The third kappa shape index (κ3) is 5.83. The van der Waals surface area contributed by atoms with Crippen LogP contribution in [0.15, 0.2) is 24.3 Å². The standard InChI is InChI=1S/C15H23N3O3/c1-3-10(2)14(17)15(20)18-11-4-6-12(7-5-11)21-9-8-13(16)19/h4-7,10,14H,3,8-9,17H2,1-2H3,(H2,16,19)(H,18,20)/t10-,14-/m0/s1. The van der Waals surface area contributed by atoms with Crippen LogP contribution in [0.5, 0.6) is 5.75 Å². The molecular weight excluding hydrogens is 270 g/mol. The van der Waals surface area contributed by atoms with Crippen molar-refractivity contribution >= 4 is 17.5 Å². The molecular formula is C15H23N3O3. The summed E-state index contributed by atoms with van der Waals surface area (Å²) in [5.41, 5.74) is 11.5. The van der Waals surface area contributed by atoms with E-state index in [1.165, 1.54) is 0 Å². The molecule has 0 aliphatic rings. The number of amides is 2. The highest BCUT2D eigenvalue weighted by atomic mass is 16.5. The number of hydrogen-bond donors (Lipinski definition) is 3. The maximum absolute atomic E-state index is 11.9. The number of nitrogens with one attached hydrogen (secondary N) is 1. The molecule has 0 radical (unpaired) electrons. The Balaban J connectivity index is 2.50. The molecule has 0 aromatic heterocycles. The molecule has 5 N–H and O–H groups in total. The minimum absolute atomic E-state index is 0.126. The van der Waals surface area contributed by atoms with Crippen molar-refractivity contribution in [2.24, 2.45) is 17.4 Å². The number of primary amides is 1. The Hall–Kier alpha value is -2.08. The van der Waals surface area contributed by atoms with E-state index in [-0.39, 0.29) is 24.9 Å². The van der Waals surface area contributed by atoms with Crippen LogP contribution in [0.1, 0.15) is 26.7 Å². The Morgan fingerprint density at radius 3 is 2.43 bits per heavy atom. The Morgan fingerprint density at radius 2 is 1.90 bits per heavy atom. The lowest BCUT2D eigenvalue weighted by Crippen LogP contribution is -2.40. The quantitative estimate of drug-likeness (QED) is 0.670. The molecule has 0 saturated heterocycles. The van der Waals surface area contributed by atoms with Gasteiger partial charge in [-0.2, -0.15) is 0 Å². The van der Waals surface area contributed by atoms with Gasteiger partial charge >= 0.3 is 0 Å². The van der Waals surface area contributed by atoms with E-state index in [2.05, 4.69) is 5.32 Å². The number of anilines is 1. The Labute approximate surface area is 124 Å². The Kier molecular flexibility index (Phi) is 6.68. The zero-order valence-corrected chi connectivity index (χ0v) is 12.5. The number of carbonyl (C=O) groups excluding carboxylic acids is 2. The first-order valence-electron chi connectivity index (χ1n) is 7.01. The van der Waals surface area contributed by atoms with E-state index in [0.29, 0.717) is 11.4 Å². The van der Waals surface area contributed by atoms with Gasteiger partial charge in [0.2, 0.25) is 11.8 Å². The van der Waals surface area contributed by atoms with Crippen LogP contribution in [-0.4, -0.2) is 24.5 Å². The van der Waals surface area contributed by atoms with Crippen LogP contribution in [0.4, 0.5) is 5.69 Å². The third-order valence-corrected chi connectivity index (χ3v) is 3.30. The van der Waals surface area contributed by atoms with E-state index < -0.39 is 11.9 Å². The largest absolute Gasteiger partial charge is 0.493 e. The van der Waals surface area contributed by atoms with Crippen molar-refractivity contribution in [3.63, 3.8) is 0 Å². The Morgan fingerprint density at radius 1 is 1.29 bits per heavy atom. The zero-order chi connectivity index (χ0) is 15.8. The van der Waals surface area contributed by atoms with Crippen molar-refractivity contribution in [1.29, 1.82) is 0 Å². The van der Waals surface area contributed by atoms with Gasteiger partial charge in [0.15, 0.2) is 0 Å². The van der Waals surface area contributed by atoms with Crippen LogP contribution in [0.2, 0.25) is 0 Å². The fourth-order valence-electron chi connectivity index (χ4n) is 1.64. The van der Waals surface area contributed by atoms with E-state index in [1.54, 1.807) is 24.3 Å². The van der Waals surface area contributed by atoms with Crippen molar-refractivity contribution < 1.29 is 14.3 Å². The summed E-state index contributed by atoms with van der Waals surface area (Å²) in [4.78, 5) is 22.5. The van der Waals surface area contributed by atoms with Crippen LogP contribution >= 0.6 is 0 Å². The average Bonchev–Trinajstić information content (AvgIpc) is 2.47. The second kappa shape index (κ2) is 8.26. The van der Waals surface area contributed by atoms with Gasteiger partial charge < -0.3 is 21.5 Å². The van der Waals surface area contributed by atoms with Gasteiger partial charge in [-0.1, -0.05) is 20.3 Å². The maximum atomic E-state index is 11.9. The monoisotopic (exact) mass is 293 g/mol. The first-order chi connectivity index (χ1) is 9.93. The lowest BCUT2D eigenvalue weighted by Gasteiger charge is -2.17. The SMILES string of the molecule is CC[C@H](C)[C@H](N)C(=O)Nc1ccc(OCCC(N)=O)cc1. The molecule has 2 amide bonds. The van der Waals surface area contributed by atoms with Crippen LogP contribution < -0.4 is 21.5 Å². The molecule has 116 valence electrons. The minimum Gasteiger partial charge on any atom is -0.493 e. The molecule has 21 heavy (non-hydrogen) atoms. The summed E-state index contributed by atoms with van der Waals surface area (Å²) in [6.45, 7) is 4.18. The normalized spacial score (nSPS) is 13.3. The molecule has 6 heteroatoms. The molecule has 0 spiro atoms. The van der Waals surface area contributed by atoms with Gasteiger partial charge in [0, 0.05) is 5.69 Å². The minimum atomic E-state index is -0.526. The number of carbonyl (C=O) groups is 2. The molecule has 6 nitrogen and oxygen atoms in total. The van der Waals surface area contributed by atoms with Crippen molar-refractivity contribution in [3.05, 3.63) is 24.3 Å². The van der Waals surface area contributed by atoms with Gasteiger partial charge in [-0.15, -0.1) is 0 Å². The summed E-state index contributed by atoms with van der Waals surface area (Å²) in [5.74, 6) is 0.131. The van der Waals surface area contributed by atoms with Crippen molar-refractivity contribution in [1.82, 2.24) is 0 Å². The van der Waals surface area contributed by atoms with Gasteiger partial charge in [0.1, 0.15) is 5.75 Å². The molecule has 0 bridgehead atoms. The molecule has 0 aliphatic heterocycles. The molecule has 0 unspecified atom stereocenters. The summed E-state index contributed by atoms with van der Waals surface area (Å²) in [6, 6.07) is 6.35. The Bertz CT molecular complexity index is 474. The molecule has 0 saturated carbocycles. The molecule has 1 aromatic carbocycles. The van der Waals surface area contributed by atoms with Gasteiger partial charge in [-0.05, 0) is 30.2 Å². The highest BCUT2D eigenvalue weighted by Crippen LogP contribution is 2.16. The molecule has 2 atom stereocenters. The van der Waals surface area contributed by atoms with Crippen molar-refractivity contribution in [2.45, 2.75) is 32.7 Å². The van der Waals surface area contributed by atoms with Gasteiger partial charge in [0.05, 0.1) is 19.1 Å². The summed E-state index contributed by atoms with van der Waals surface area (Å²) in [6.07, 6.45) is 1.02. The number of hydrogen-bond acceptors (Lipinski definition) is 4. The summed E-state index contributed by atoms with van der Waals surface area (Å²) >= 11 is 0. The zero-order valence-electron chi connectivity index (χ0n) is 12.5. The maximum Gasteiger partial charge on any atom is 0.241 e. The van der Waals surface area contributed by atoms with Crippen LogP contribution in [0, 0.1) is 5.92 Å². The number of rotatable bonds is 8. The summed E-state index contributed by atoms with van der Waals surface area (Å²) < 4.78 is 5.34. The van der Waals surface area contributed by atoms with E-state index >= 15 is 0 Å². The molecule has 1 rings (SSSR count). The second-order valence-electron chi connectivity index (χ2n) is 4.99. The van der Waals surface area contributed by atoms with Crippen molar-refractivity contribution in [2.75, 3.05) is 11.9 Å². The second-order valence-corrected chi connectivity index (χ2v) is 4.99. The fourth-order valence-corrected chi connectivity index (χ4v) is 1.64. The number of nitrogens with two attached hydrogens (primary N) is 2. The average molecular weight is 293 g/mol. The third-order valence-electron chi connectivity index (χ3n) is 3.30. The van der Waals surface area contributed by atoms with E-state index in [0.717, 1.165) is 6.42 Å². The predicted molar refractivity (Wildman–Crippen MR) is 81.8 cm³/mol. The molecule has 0 fully saturated rings.